The molecule has 1 aliphatic rings. The van der Waals surface area contributed by atoms with E-state index >= 15 is 0 Å². The molecule has 2 rings (SSSR count). The van der Waals surface area contributed by atoms with Crippen molar-refractivity contribution >= 4 is 5.69 Å². The monoisotopic (exact) mass is 248 g/mol. The maximum Gasteiger partial charge on any atom is 0.143 e. The Hall–Kier alpha value is -1.22. The Labute approximate surface area is 110 Å². The fourth-order valence-corrected chi connectivity index (χ4v) is 2.39. The lowest BCUT2D eigenvalue weighted by Crippen LogP contribution is -2.43. The van der Waals surface area contributed by atoms with Gasteiger partial charge >= 0.3 is 0 Å². The second-order valence-electron chi connectivity index (χ2n) is 5.35. The summed E-state index contributed by atoms with van der Waals surface area (Å²) in [7, 11) is 0. The van der Waals surface area contributed by atoms with Crippen LogP contribution in [0, 0.1) is 5.92 Å². The van der Waals surface area contributed by atoms with Crippen LogP contribution in [0.3, 0.4) is 0 Å². The van der Waals surface area contributed by atoms with Crippen LogP contribution in [-0.2, 0) is 6.54 Å². The molecule has 0 aromatic heterocycles. The molecular weight excluding hydrogens is 224 g/mol. The van der Waals surface area contributed by atoms with Gasteiger partial charge in [-0.15, -0.1) is 0 Å². The number of hydrogen-bond donors (Lipinski definition) is 1. The third-order valence-corrected chi connectivity index (χ3v) is 3.52. The quantitative estimate of drug-likeness (QED) is 0.890. The zero-order valence-corrected chi connectivity index (χ0v) is 11.6. The van der Waals surface area contributed by atoms with E-state index in [-0.39, 0.29) is 6.10 Å². The van der Waals surface area contributed by atoms with Gasteiger partial charge in [-0.3, -0.25) is 0 Å². The average Bonchev–Trinajstić information content (AvgIpc) is 2.38. The molecule has 0 bridgehead atoms. The number of nitrogens with two attached hydrogens (primary N) is 1. The summed E-state index contributed by atoms with van der Waals surface area (Å²) in [6, 6.07) is 6.33. The van der Waals surface area contributed by atoms with Gasteiger partial charge in [-0.1, -0.05) is 26.8 Å². The molecule has 1 atom stereocenters. The van der Waals surface area contributed by atoms with Crippen molar-refractivity contribution in [3.8, 4) is 5.75 Å². The minimum Gasteiger partial charge on any atom is -0.486 e. The van der Waals surface area contributed by atoms with Crippen molar-refractivity contribution in [3.63, 3.8) is 0 Å². The van der Waals surface area contributed by atoms with Crippen LogP contribution >= 0.6 is 0 Å². The molecule has 1 aromatic rings. The van der Waals surface area contributed by atoms with E-state index in [0.717, 1.165) is 30.8 Å². The average molecular weight is 248 g/mol. The van der Waals surface area contributed by atoms with E-state index in [2.05, 4.69) is 43.9 Å². The summed E-state index contributed by atoms with van der Waals surface area (Å²) in [6.45, 7) is 9.28. The van der Waals surface area contributed by atoms with Crippen molar-refractivity contribution in [2.24, 2.45) is 11.7 Å². The van der Waals surface area contributed by atoms with Crippen LogP contribution in [0.4, 0.5) is 5.69 Å². The first-order valence-electron chi connectivity index (χ1n) is 6.90. The first-order valence-corrected chi connectivity index (χ1v) is 6.90. The standard InChI is InChI=1S/C15H24N2O/c1-4-7-17-10-15(11(2)3)18-14-8-12(9-16)5-6-13(14)17/h5-6,8,11,15H,4,7,9-10,16H2,1-3H3. The van der Waals surface area contributed by atoms with E-state index in [1.165, 1.54) is 5.69 Å². The maximum absolute atomic E-state index is 6.12. The molecule has 0 spiro atoms. The number of nitrogens with zero attached hydrogens (tertiary/aromatic N) is 1. The number of hydrogen-bond acceptors (Lipinski definition) is 3. The maximum atomic E-state index is 6.12. The summed E-state index contributed by atoms with van der Waals surface area (Å²) in [5.41, 5.74) is 8.05. The van der Waals surface area contributed by atoms with Gasteiger partial charge in [0.25, 0.3) is 0 Å². The zero-order chi connectivity index (χ0) is 13.1. The molecule has 3 heteroatoms. The Bertz CT molecular complexity index is 403. The highest BCUT2D eigenvalue weighted by Crippen LogP contribution is 2.35. The number of anilines is 1. The van der Waals surface area contributed by atoms with Crippen LogP contribution in [0.25, 0.3) is 0 Å². The van der Waals surface area contributed by atoms with E-state index in [9.17, 15) is 0 Å². The highest BCUT2D eigenvalue weighted by molar-refractivity contribution is 5.61. The van der Waals surface area contributed by atoms with Crippen molar-refractivity contribution in [3.05, 3.63) is 23.8 Å². The first kappa shape index (κ1) is 13.2. The van der Waals surface area contributed by atoms with Crippen molar-refractivity contribution in [1.29, 1.82) is 0 Å². The Morgan fingerprint density at radius 2 is 2.22 bits per heavy atom. The summed E-state index contributed by atoms with van der Waals surface area (Å²) in [6.07, 6.45) is 1.43. The molecule has 1 aliphatic heterocycles. The van der Waals surface area contributed by atoms with Gasteiger partial charge in [0.2, 0.25) is 0 Å². The molecule has 100 valence electrons. The molecule has 0 aliphatic carbocycles. The molecule has 0 amide bonds. The topological polar surface area (TPSA) is 38.5 Å². The van der Waals surface area contributed by atoms with E-state index < -0.39 is 0 Å². The van der Waals surface area contributed by atoms with Gasteiger partial charge in [-0.05, 0) is 30.0 Å². The van der Waals surface area contributed by atoms with Crippen molar-refractivity contribution in [2.45, 2.75) is 39.8 Å². The molecular formula is C15H24N2O. The number of benzene rings is 1. The van der Waals surface area contributed by atoms with E-state index in [0.29, 0.717) is 12.5 Å². The SMILES string of the molecule is CCCN1CC(C(C)C)Oc2cc(CN)ccc21. The molecule has 18 heavy (non-hydrogen) atoms. The molecule has 2 N–H and O–H groups in total. The van der Waals surface area contributed by atoms with Crippen molar-refractivity contribution < 1.29 is 4.74 Å². The Balaban J connectivity index is 2.31. The Kier molecular flexibility index (Phi) is 4.12. The molecule has 1 unspecified atom stereocenters. The molecule has 0 fully saturated rings. The van der Waals surface area contributed by atoms with Gasteiger partial charge in [-0.25, -0.2) is 0 Å². The number of fused-ring (bicyclic) bond motifs is 1. The van der Waals surface area contributed by atoms with Gasteiger partial charge < -0.3 is 15.4 Å². The third-order valence-electron chi connectivity index (χ3n) is 3.52. The van der Waals surface area contributed by atoms with Crippen LogP contribution < -0.4 is 15.4 Å². The summed E-state index contributed by atoms with van der Waals surface area (Å²) in [5, 5.41) is 0. The van der Waals surface area contributed by atoms with Gasteiger partial charge in [0.05, 0.1) is 12.2 Å². The summed E-state index contributed by atoms with van der Waals surface area (Å²) < 4.78 is 6.12. The first-order chi connectivity index (χ1) is 8.65. The van der Waals surface area contributed by atoms with E-state index in [1.54, 1.807) is 0 Å². The molecule has 3 nitrogen and oxygen atoms in total. The van der Waals surface area contributed by atoms with E-state index in [1.807, 2.05) is 0 Å². The van der Waals surface area contributed by atoms with E-state index in [4.69, 9.17) is 10.5 Å². The lowest BCUT2D eigenvalue weighted by molar-refractivity contribution is 0.145. The van der Waals surface area contributed by atoms with Crippen molar-refractivity contribution in [1.82, 2.24) is 0 Å². The number of ether oxygens (including phenoxy) is 1. The van der Waals surface area contributed by atoms with Gasteiger partial charge in [0, 0.05) is 13.1 Å². The lowest BCUT2D eigenvalue weighted by atomic mass is 10.0. The second-order valence-corrected chi connectivity index (χ2v) is 5.35. The Morgan fingerprint density at radius 1 is 1.44 bits per heavy atom. The molecule has 0 saturated carbocycles. The van der Waals surface area contributed by atoms with Crippen LogP contribution in [-0.4, -0.2) is 19.2 Å². The smallest absolute Gasteiger partial charge is 0.143 e. The fraction of sp³-hybridized carbons (Fsp3) is 0.600. The molecule has 0 saturated heterocycles. The highest BCUT2D eigenvalue weighted by atomic mass is 16.5. The second kappa shape index (κ2) is 5.61. The van der Waals surface area contributed by atoms with Crippen LogP contribution in [0.1, 0.15) is 32.8 Å². The van der Waals surface area contributed by atoms with Crippen LogP contribution in [0.2, 0.25) is 0 Å². The minimum absolute atomic E-state index is 0.275. The number of rotatable bonds is 4. The predicted molar refractivity (Wildman–Crippen MR) is 76.1 cm³/mol. The highest BCUT2D eigenvalue weighted by Gasteiger charge is 2.27. The molecule has 1 aromatic carbocycles. The summed E-state index contributed by atoms with van der Waals surface area (Å²) in [4.78, 5) is 2.43. The largest absolute Gasteiger partial charge is 0.486 e. The van der Waals surface area contributed by atoms with Crippen LogP contribution in [0.5, 0.6) is 5.75 Å². The van der Waals surface area contributed by atoms with Crippen molar-refractivity contribution in [2.75, 3.05) is 18.0 Å². The normalized spacial score (nSPS) is 18.7. The summed E-state index contributed by atoms with van der Waals surface area (Å²) in [5.74, 6) is 1.52. The zero-order valence-electron chi connectivity index (χ0n) is 11.6. The van der Waals surface area contributed by atoms with Gasteiger partial charge in [-0.2, -0.15) is 0 Å². The van der Waals surface area contributed by atoms with Gasteiger partial charge in [0.1, 0.15) is 11.9 Å². The van der Waals surface area contributed by atoms with Crippen LogP contribution in [0.15, 0.2) is 18.2 Å². The molecule has 0 radical (unpaired) electrons. The van der Waals surface area contributed by atoms with Gasteiger partial charge in [0.15, 0.2) is 0 Å². The Morgan fingerprint density at radius 3 is 2.83 bits per heavy atom. The minimum atomic E-state index is 0.275. The molecule has 1 heterocycles. The summed E-state index contributed by atoms with van der Waals surface area (Å²) >= 11 is 0. The third kappa shape index (κ3) is 2.61. The fourth-order valence-electron chi connectivity index (χ4n) is 2.39. The predicted octanol–water partition coefficient (Wildman–Crippen LogP) is 2.78. The lowest BCUT2D eigenvalue weighted by Gasteiger charge is -2.38.